The predicted octanol–water partition coefficient (Wildman–Crippen LogP) is 3.05. The Morgan fingerprint density at radius 3 is 2.33 bits per heavy atom. The highest BCUT2D eigenvalue weighted by atomic mass is 19.1. The standard InChI is InChI=1S/C15H15FO2/c1-18-10-11-6-2-3-7-12(11)15(17)13-8-4-5-9-14(13)16/h2-9,15,17H,10H2,1H3. The molecule has 18 heavy (non-hydrogen) atoms. The molecule has 0 aliphatic rings. The van der Waals surface area contributed by atoms with Crippen molar-refractivity contribution >= 4 is 0 Å². The summed E-state index contributed by atoms with van der Waals surface area (Å²) in [6.45, 7) is 0.391. The Hall–Kier alpha value is -1.71. The average Bonchev–Trinajstić information content (AvgIpc) is 2.40. The van der Waals surface area contributed by atoms with E-state index in [2.05, 4.69) is 0 Å². The molecule has 0 heterocycles. The number of halogens is 1. The molecule has 0 bridgehead atoms. The molecule has 0 aliphatic carbocycles. The van der Waals surface area contributed by atoms with Crippen molar-refractivity contribution in [1.29, 1.82) is 0 Å². The summed E-state index contributed by atoms with van der Waals surface area (Å²) in [6, 6.07) is 13.6. The Morgan fingerprint density at radius 2 is 1.67 bits per heavy atom. The van der Waals surface area contributed by atoms with E-state index in [-0.39, 0.29) is 5.56 Å². The summed E-state index contributed by atoms with van der Waals surface area (Å²) in [6.07, 6.45) is -0.974. The molecule has 1 atom stereocenters. The van der Waals surface area contributed by atoms with Gasteiger partial charge in [-0.1, -0.05) is 42.5 Å². The maximum Gasteiger partial charge on any atom is 0.129 e. The molecule has 1 unspecified atom stereocenters. The second-order valence-corrected chi connectivity index (χ2v) is 4.06. The van der Waals surface area contributed by atoms with Gasteiger partial charge in [0.05, 0.1) is 6.61 Å². The van der Waals surface area contributed by atoms with Crippen molar-refractivity contribution in [3.05, 3.63) is 71.0 Å². The highest BCUT2D eigenvalue weighted by Crippen LogP contribution is 2.27. The van der Waals surface area contributed by atoms with Crippen LogP contribution in [0.25, 0.3) is 0 Å². The molecular formula is C15H15FO2. The summed E-state index contributed by atoms with van der Waals surface area (Å²) < 4.78 is 18.7. The van der Waals surface area contributed by atoms with Crippen molar-refractivity contribution in [1.82, 2.24) is 0 Å². The van der Waals surface area contributed by atoms with E-state index in [0.29, 0.717) is 12.2 Å². The second-order valence-electron chi connectivity index (χ2n) is 4.06. The van der Waals surface area contributed by atoms with Gasteiger partial charge in [0.1, 0.15) is 11.9 Å². The summed E-state index contributed by atoms with van der Waals surface area (Å²) in [5.74, 6) is -0.405. The topological polar surface area (TPSA) is 29.5 Å². The number of aliphatic hydroxyl groups is 1. The molecule has 0 radical (unpaired) electrons. The van der Waals surface area contributed by atoms with Gasteiger partial charge < -0.3 is 9.84 Å². The van der Waals surface area contributed by atoms with Gasteiger partial charge in [0.15, 0.2) is 0 Å². The minimum Gasteiger partial charge on any atom is -0.384 e. The molecule has 94 valence electrons. The number of hydrogen-bond acceptors (Lipinski definition) is 2. The molecule has 0 aromatic heterocycles. The van der Waals surface area contributed by atoms with Crippen molar-refractivity contribution in [2.75, 3.05) is 7.11 Å². The van der Waals surface area contributed by atoms with Gasteiger partial charge in [-0.3, -0.25) is 0 Å². The lowest BCUT2D eigenvalue weighted by Crippen LogP contribution is -2.06. The van der Waals surface area contributed by atoms with Crippen LogP contribution >= 0.6 is 0 Å². The van der Waals surface area contributed by atoms with Gasteiger partial charge in [-0.05, 0) is 17.2 Å². The van der Waals surface area contributed by atoms with E-state index in [4.69, 9.17) is 4.74 Å². The van der Waals surface area contributed by atoms with Crippen LogP contribution in [0.4, 0.5) is 4.39 Å². The summed E-state index contributed by atoms with van der Waals surface area (Å²) in [5.41, 5.74) is 1.81. The summed E-state index contributed by atoms with van der Waals surface area (Å²) in [7, 11) is 1.59. The van der Waals surface area contributed by atoms with Gasteiger partial charge in [-0.15, -0.1) is 0 Å². The van der Waals surface area contributed by atoms with Crippen molar-refractivity contribution in [3.8, 4) is 0 Å². The lowest BCUT2D eigenvalue weighted by atomic mass is 9.97. The van der Waals surface area contributed by atoms with Crippen LogP contribution in [0.1, 0.15) is 22.8 Å². The monoisotopic (exact) mass is 246 g/mol. The van der Waals surface area contributed by atoms with Gasteiger partial charge in [0.25, 0.3) is 0 Å². The Morgan fingerprint density at radius 1 is 1.06 bits per heavy atom. The number of hydrogen-bond donors (Lipinski definition) is 1. The van der Waals surface area contributed by atoms with Crippen LogP contribution < -0.4 is 0 Å². The first-order chi connectivity index (χ1) is 8.74. The van der Waals surface area contributed by atoms with E-state index in [1.54, 1.807) is 31.4 Å². The minimum atomic E-state index is -0.974. The van der Waals surface area contributed by atoms with Gasteiger partial charge in [-0.2, -0.15) is 0 Å². The Labute approximate surface area is 106 Å². The van der Waals surface area contributed by atoms with Crippen LogP contribution in [-0.4, -0.2) is 12.2 Å². The maximum absolute atomic E-state index is 13.7. The third-order valence-electron chi connectivity index (χ3n) is 2.85. The lowest BCUT2D eigenvalue weighted by molar-refractivity contribution is 0.175. The van der Waals surface area contributed by atoms with E-state index in [0.717, 1.165) is 5.56 Å². The second kappa shape index (κ2) is 5.76. The molecule has 0 fully saturated rings. The van der Waals surface area contributed by atoms with Crippen LogP contribution in [0.3, 0.4) is 0 Å². The third-order valence-corrected chi connectivity index (χ3v) is 2.85. The maximum atomic E-state index is 13.7. The quantitative estimate of drug-likeness (QED) is 0.898. The Kier molecular flexibility index (Phi) is 4.07. The van der Waals surface area contributed by atoms with E-state index in [1.165, 1.54) is 6.07 Å². The molecule has 0 amide bonds. The molecule has 2 aromatic rings. The molecule has 1 N–H and O–H groups in total. The highest BCUT2D eigenvalue weighted by molar-refractivity contribution is 5.36. The number of ether oxygens (including phenoxy) is 1. The largest absolute Gasteiger partial charge is 0.384 e. The smallest absolute Gasteiger partial charge is 0.129 e. The molecule has 0 saturated heterocycles. The van der Waals surface area contributed by atoms with Gasteiger partial charge in [0.2, 0.25) is 0 Å². The summed E-state index contributed by atoms with van der Waals surface area (Å²) in [4.78, 5) is 0. The summed E-state index contributed by atoms with van der Waals surface area (Å²) >= 11 is 0. The van der Waals surface area contributed by atoms with E-state index < -0.39 is 11.9 Å². The zero-order chi connectivity index (χ0) is 13.0. The van der Waals surface area contributed by atoms with E-state index in [1.807, 2.05) is 18.2 Å². The fraction of sp³-hybridized carbons (Fsp3) is 0.200. The molecular weight excluding hydrogens is 231 g/mol. The Balaban J connectivity index is 2.40. The van der Waals surface area contributed by atoms with Gasteiger partial charge in [0, 0.05) is 12.7 Å². The SMILES string of the molecule is COCc1ccccc1C(O)c1ccccc1F. The van der Waals surface area contributed by atoms with Crippen LogP contribution in [-0.2, 0) is 11.3 Å². The van der Waals surface area contributed by atoms with Crippen LogP contribution in [0.2, 0.25) is 0 Å². The van der Waals surface area contributed by atoms with Crippen molar-refractivity contribution in [3.63, 3.8) is 0 Å². The average molecular weight is 246 g/mol. The molecule has 0 aliphatic heterocycles. The van der Waals surface area contributed by atoms with Crippen molar-refractivity contribution in [2.45, 2.75) is 12.7 Å². The molecule has 2 nitrogen and oxygen atoms in total. The molecule has 2 aromatic carbocycles. The molecule has 2 rings (SSSR count). The summed E-state index contributed by atoms with van der Waals surface area (Å²) in [5, 5.41) is 10.3. The highest BCUT2D eigenvalue weighted by Gasteiger charge is 2.17. The van der Waals surface area contributed by atoms with Gasteiger partial charge >= 0.3 is 0 Å². The minimum absolute atomic E-state index is 0.279. The van der Waals surface area contributed by atoms with Crippen LogP contribution in [0, 0.1) is 5.82 Å². The predicted molar refractivity (Wildman–Crippen MR) is 67.6 cm³/mol. The molecule has 3 heteroatoms. The number of benzene rings is 2. The van der Waals surface area contributed by atoms with Gasteiger partial charge in [-0.25, -0.2) is 4.39 Å². The van der Waals surface area contributed by atoms with Crippen LogP contribution in [0.15, 0.2) is 48.5 Å². The van der Waals surface area contributed by atoms with Crippen molar-refractivity contribution < 1.29 is 14.2 Å². The normalized spacial score (nSPS) is 12.4. The zero-order valence-electron chi connectivity index (χ0n) is 10.1. The lowest BCUT2D eigenvalue weighted by Gasteiger charge is -2.16. The number of aliphatic hydroxyl groups excluding tert-OH is 1. The first-order valence-electron chi connectivity index (χ1n) is 5.73. The van der Waals surface area contributed by atoms with Crippen molar-refractivity contribution in [2.24, 2.45) is 0 Å². The zero-order valence-corrected chi connectivity index (χ0v) is 10.1. The van der Waals surface area contributed by atoms with E-state index >= 15 is 0 Å². The molecule has 0 spiro atoms. The number of methoxy groups -OCH3 is 1. The van der Waals surface area contributed by atoms with E-state index in [9.17, 15) is 9.50 Å². The third kappa shape index (κ3) is 2.58. The van der Waals surface area contributed by atoms with Crippen LogP contribution in [0.5, 0.6) is 0 Å². The first kappa shape index (κ1) is 12.7. The fourth-order valence-electron chi connectivity index (χ4n) is 1.95. The first-order valence-corrected chi connectivity index (χ1v) is 5.73. The number of rotatable bonds is 4. The Bertz CT molecular complexity index is 525. The molecule has 0 saturated carbocycles. The fourth-order valence-corrected chi connectivity index (χ4v) is 1.95.